The van der Waals surface area contributed by atoms with Gasteiger partial charge in [0.1, 0.15) is 0 Å². The molecule has 0 bridgehead atoms. The average Bonchev–Trinajstić information content (AvgIpc) is 2.25. The maximum Gasteiger partial charge on any atom is 0.337 e. The summed E-state index contributed by atoms with van der Waals surface area (Å²) in [4.78, 5) is 14.7. The molecular formula is C12H17NO2. The zero-order valence-electron chi connectivity index (χ0n) is 9.07. The second kappa shape index (κ2) is 6.17. The first-order chi connectivity index (χ1) is 7.25. The van der Waals surface area contributed by atoms with Gasteiger partial charge in [0.25, 0.3) is 0 Å². The summed E-state index contributed by atoms with van der Waals surface area (Å²) in [5.41, 5.74) is 1.24. The van der Waals surface area contributed by atoms with Crippen LogP contribution in [0.1, 0.15) is 48.5 Å². The van der Waals surface area contributed by atoms with Gasteiger partial charge in [0.05, 0.1) is 5.56 Å². The van der Waals surface area contributed by atoms with Crippen molar-refractivity contribution >= 4 is 5.97 Å². The molecule has 0 spiro atoms. The summed E-state index contributed by atoms with van der Waals surface area (Å²) in [7, 11) is 0. The summed E-state index contributed by atoms with van der Waals surface area (Å²) < 4.78 is 0. The van der Waals surface area contributed by atoms with Gasteiger partial charge in [-0.1, -0.05) is 26.2 Å². The largest absolute Gasteiger partial charge is 0.478 e. The van der Waals surface area contributed by atoms with E-state index in [1.165, 1.54) is 19.0 Å². The van der Waals surface area contributed by atoms with E-state index in [2.05, 4.69) is 11.9 Å². The van der Waals surface area contributed by atoms with Crippen LogP contribution in [0, 0.1) is 0 Å². The lowest BCUT2D eigenvalue weighted by molar-refractivity contribution is 0.0695. The standard InChI is InChI=1S/C12H17NO2/c1-2-3-4-5-6-10-7-8-13-9-11(10)12(14)15/h7-9H,2-6H2,1H3,(H,14,15). The first-order valence-electron chi connectivity index (χ1n) is 5.42. The molecule has 0 amide bonds. The van der Waals surface area contributed by atoms with E-state index in [1.807, 2.05) is 0 Å². The van der Waals surface area contributed by atoms with Crippen LogP contribution in [0.25, 0.3) is 0 Å². The van der Waals surface area contributed by atoms with Crippen LogP contribution >= 0.6 is 0 Å². The van der Waals surface area contributed by atoms with Gasteiger partial charge in [-0.3, -0.25) is 4.98 Å². The van der Waals surface area contributed by atoms with Gasteiger partial charge in [-0.25, -0.2) is 4.79 Å². The Morgan fingerprint density at radius 2 is 2.20 bits per heavy atom. The van der Waals surface area contributed by atoms with E-state index in [4.69, 9.17) is 5.11 Å². The summed E-state index contributed by atoms with van der Waals surface area (Å²) in [5.74, 6) is -0.881. The number of carbonyl (C=O) groups is 1. The zero-order chi connectivity index (χ0) is 11.1. The predicted molar refractivity (Wildman–Crippen MR) is 59.0 cm³/mol. The summed E-state index contributed by atoms with van der Waals surface area (Å²) >= 11 is 0. The molecule has 0 saturated carbocycles. The fourth-order valence-corrected chi connectivity index (χ4v) is 1.58. The number of carboxylic acids is 1. The molecule has 0 radical (unpaired) electrons. The number of aromatic nitrogens is 1. The highest BCUT2D eigenvalue weighted by molar-refractivity contribution is 5.88. The fourth-order valence-electron chi connectivity index (χ4n) is 1.58. The van der Waals surface area contributed by atoms with Crippen molar-refractivity contribution in [3.63, 3.8) is 0 Å². The molecule has 1 N–H and O–H groups in total. The molecule has 1 rings (SSSR count). The number of aryl methyl sites for hydroxylation is 1. The molecule has 0 aromatic carbocycles. The Kier molecular flexibility index (Phi) is 4.81. The van der Waals surface area contributed by atoms with E-state index in [1.54, 1.807) is 12.3 Å². The second-order valence-electron chi connectivity index (χ2n) is 3.65. The Bertz CT molecular complexity index is 323. The predicted octanol–water partition coefficient (Wildman–Crippen LogP) is 2.90. The number of carboxylic acid groups (broad SMARTS) is 1. The van der Waals surface area contributed by atoms with Gasteiger partial charge < -0.3 is 5.11 Å². The number of rotatable bonds is 6. The third kappa shape index (κ3) is 3.70. The fraction of sp³-hybridized carbons (Fsp3) is 0.500. The van der Waals surface area contributed by atoms with Gasteiger partial charge in [0.15, 0.2) is 0 Å². The molecule has 1 heterocycles. The lowest BCUT2D eigenvalue weighted by atomic mass is 10.0. The highest BCUT2D eigenvalue weighted by atomic mass is 16.4. The highest BCUT2D eigenvalue weighted by Crippen LogP contribution is 2.12. The van der Waals surface area contributed by atoms with Gasteiger partial charge in [-0.15, -0.1) is 0 Å². The smallest absolute Gasteiger partial charge is 0.337 e. The van der Waals surface area contributed by atoms with Crippen molar-refractivity contribution in [1.82, 2.24) is 4.98 Å². The van der Waals surface area contributed by atoms with Gasteiger partial charge in [-0.2, -0.15) is 0 Å². The van der Waals surface area contributed by atoms with Crippen LogP contribution in [0.3, 0.4) is 0 Å². The normalized spacial score (nSPS) is 10.2. The van der Waals surface area contributed by atoms with E-state index in [0.29, 0.717) is 5.56 Å². The monoisotopic (exact) mass is 207 g/mol. The Morgan fingerprint density at radius 1 is 1.40 bits per heavy atom. The van der Waals surface area contributed by atoms with Crippen molar-refractivity contribution in [3.05, 3.63) is 29.6 Å². The van der Waals surface area contributed by atoms with E-state index in [0.717, 1.165) is 24.8 Å². The van der Waals surface area contributed by atoms with Crippen LogP contribution in [0.2, 0.25) is 0 Å². The van der Waals surface area contributed by atoms with E-state index < -0.39 is 5.97 Å². The molecule has 1 aromatic heterocycles. The minimum absolute atomic E-state index is 0.342. The molecule has 0 saturated heterocycles. The van der Waals surface area contributed by atoms with Crippen molar-refractivity contribution in [2.75, 3.05) is 0 Å². The van der Waals surface area contributed by atoms with Gasteiger partial charge in [0.2, 0.25) is 0 Å². The molecule has 82 valence electrons. The lowest BCUT2D eigenvalue weighted by Crippen LogP contribution is -2.03. The van der Waals surface area contributed by atoms with Crippen LogP contribution < -0.4 is 0 Å². The first-order valence-corrected chi connectivity index (χ1v) is 5.42. The van der Waals surface area contributed by atoms with Crippen molar-refractivity contribution < 1.29 is 9.90 Å². The Balaban J connectivity index is 2.56. The second-order valence-corrected chi connectivity index (χ2v) is 3.65. The zero-order valence-corrected chi connectivity index (χ0v) is 9.07. The van der Waals surface area contributed by atoms with E-state index in [9.17, 15) is 4.79 Å². The quantitative estimate of drug-likeness (QED) is 0.730. The highest BCUT2D eigenvalue weighted by Gasteiger charge is 2.08. The molecule has 3 heteroatoms. The summed E-state index contributed by atoms with van der Waals surface area (Å²) in [6.07, 6.45) is 8.55. The van der Waals surface area contributed by atoms with Crippen LogP contribution in [-0.4, -0.2) is 16.1 Å². The maximum absolute atomic E-state index is 10.9. The molecule has 0 fully saturated rings. The molecule has 0 aliphatic carbocycles. The minimum Gasteiger partial charge on any atom is -0.478 e. The number of hydrogen-bond acceptors (Lipinski definition) is 2. The van der Waals surface area contributed by atoms with Crippen molar-refractivity contribution in [3.8, 4) is 0 Å². The number of aromatic carboxylic acids is 1. The van der Waals surface area contributed by atoms with E-state index in [-0.39, 0.29) is 0 Å². The lowest BCUT2D eigenvalue weighted by Gasteiger charge is -2.04. The summed E-state index contributed by atoms with van der Waals surface area (Å²) in [6.45, 7) is 2.16. The van der Waals surface area contributed by atoms with Gasteiger partial charge in [-0.05, 0) is 24.5 Å². The SMILES string of the molecule is CCCCCCc1ccncc1C(=O)O. The van der Waals surface area contributed by atoms with Crippen LogP contribution in [-0.2, 0) is 6.42 Å². The van der Waals surface area contributed by atoms with Gasteiger partial charge >= 0.3 is 5.97 Å². The Morgan fingerprint density at radius 3 is 2.87 bits per heavy atom. The molecule has 0 unspecified atom stereocenters. The third-order valence-corrected chi connectivity index (χ3v) is 2.44. The summed E-state index contributed by atoms with van der Waals surface area (Å²) in [5, 5.41) is 8.93. The van der Waals surface area contributed by atoms with Crippen molar-refractivity contribution in [1.29, 1.82) is 0 Å². The topological polar surface area (TPSA) is 50.2 Å². The number of hydrogen-bond donors (Lipinski definition) is 1. The third-order valence-electron chi connectivity index (χ3n) is 2.44. The molecule has 0 aliphatic rings. The Labute approximate surface area is 90.2 Å². The van der Waals surface area contributed by atoms with Gasteiger partial charge in [0, 0.05) is 12.4 Å². The number of unbranched alkanes of at least 4 members (excludes halogenated alkanes) is 3. The van der Waals surface area contributed by atoms with Crippen LogP contribution in [0.5, 0.6) is 0 Å². The average molecular weight is 207 g/mol. The molecule has 1 aromatic rings. The minimum atomic E-state index is -0.881. The molecule has 0 atom stereocenters. The molecule has 0 aliphatic heterocycles. The Hall–Kier alpha value is -1.38. The summed E-state index contributed by atoms with van der Waals surface area (Å²) in [6, 6.07) is 1.80. The maximum atomic E-state index is 10.9. The molecule has 15 heavy (non-hydrogen) atoms. The van der Waals surface area contributed by atoms with Crippen LogP contribution in [0.4, 0.5) is 0 Å². The van der Waals surface area contributed by atoms with Crippen LogP contribution in [0.15, 0.2) is 18.5 Å². The van der Waals surface area contributed by atoms with Crippen molar-refractivity contribution in [2.24, 2.45) is 0 Å². The number of pyridine rings is 1. The van der Waals surface area contributed by atoms with E-state index >= 15 is 0 Å². The molecule has 3 nitrogen and oxygen atoms in total. The first kappa shape index (κ1) is 11.7. The molecular weight excluding hydrogens is 190 g/mol. The van der Waals surface area contributed by atoms with Crippen molar-refractivity contribution in [2.45, 2.75) is 39.0 Å². The number of nitrogens with zero attached hydrogens (tertiary/aromatic N) is 1.